The fraction of sp³-hybridized carbons (Fsp3) is 0.571. The van der Waals surface area contributed by atoms with Crippen molar-refractivity contribution < 1.29 is 30.0 Å². The Bertz CT molecular complexity index is 1130. The van der Waals surface area contributed by atoms with Gasteiger partial charge < -0.3 is 30.0 Å². The molecule has 0 amide bonds. The number of hydrogen-bond acceptors (Lipinski definition) is 6. The smallest absolute Gasteiger partial charge is 0.549 e. The molecular formula is C42H62CaO6. The van der Waals surface area contributed by atoms with E-state index in [1.54, 1.807) is 27.7 Å². The molecule has 0 spiro atoms. The summed E-state index contributed by atoms with van der Waals surface area (Å²) in [6.45, 7) is 11.5. The molecule has 2 unspecified atom stereocenters. The molecule has 268 valence electrons. The van der Waals surface area contributed by atoms with Crippen molar-refractivity contribution in [3.63, 3.8) is 0 Å². The summed E-state index contributed by atoms with van der Waals surface area (Å²) >= 11 is 0. The minimum absolute atomic E-state index is 0. The van der Waals surface area contributed by atoms with E-state index in [4.69, 9.17) is 0 Å². The maximum atomic E-state index is 11.8. The molecule has 7 heteroatoms. The van der Waals surface area contributed by atoms with Gasteiger partial charge in [0.25, 0.3) is 0 Å². The molecule has 0 aromatic heterocycles. The summed E-state index contributed by atoms with van der Waals surface area (Å²) in [7, 11) is 0. The number of carboxylic acid groups (broad SMARTS) is 2. The summed E-state index contributed by atoms with van der Waals surface area (Å²) < 4.78 is 0. The van der Waals surface area contributed by atoms with Crippen LogP contribution in [0.25, 0.3) is 12.2 Å². The number of carbonyl (C=O) groups excluding carboxylic acids is 2. The molecule has 0 saturated carbocycles. The van der Waals surface area contributed by atoms with Gasteiger partial charge in [0.15, 0.2) is 0 Å². The van der Waals surface area contributed by atoms with E-state index in [2.05, 4.69) is 13.8 Å². The van der Waals surface area contributed by atoms with E-state index in [0.717, 1.165) is 73.6 Å². The third-order valence-electron chi connectivity index (χ3n) is 10.0. The Morgan fingerprint density at radius 2 is 0.878 bits per heavy atom. The minimum atomic E-state index is -1.22. The Kier molecular flexibility index (Phi) is 24.9. The summed E-state index contributed by atoms with van der Waals surface area (Å²) in [6.07, 6.45) is 13.4. The number of aliphatic hydroxyl groups is 2. The predicted molar refractivity (Wildman–Crippen MR) is 200 cm³/mol. The Labute approximate surface area is 327 Å². The molecule has 2 N–H and O–H groups in total. The zero-order valence-electron chi connectivity index (χ0n) is 31.2. The van der Waals surface area contributed by atoms with Crippen molar-refractivity contribution in [1.82, 2.24) is 0 Å². The molecule has 0 bridgehead atoms. The average Bonchev–Trinajstić information content (AvgIpc) is 3.10. The van der Waals surface area contributed by atoms with Crippen LogP contribution in [0.4, 0.5) is 0 Å². The largest absolute Gasteiger partial charge is 2.00 e. The third-order valence-corrected chi connectivity index (χ3v) is 10.0. The fourth-order valence-electron chi connectivity index (χ4n) is 6.40. The van der Waals surface area contributed by atoms with Crippen LogP contribution in [0.15, 0.2) is 71.8 Å². The summed E-state index contributed by atoms with van der Waals surface area (Å²) in [5.74, 6) is -2.32. The van der Waals surface area contributed by atoms with Crippen molar-refractivity contribution in [2.75, 3.05) is 0 Å². The fourth-order valence-corrected chi connectivity index (χ4v) is 6.40. The van der Waals surface area contributed by atoms with Gasteiger partial charge in [-0.1, -0.05) is 153 Å². The van der Waals surface area contributed by atoms with Gasteiger partial charge in [-0.3, -0.25) is 0 Å². The Balaban J connectivity index is 0.000000922. The number of hydrogen-bond donors (Lipinski definition) is 2. The second-order valence-corrected chi connectivity index (χ2v) is 13.0. The molecular weight excluding hydrogens is 641 g/mol. The molecule has 0 aliphatic carbocycles. The van der Waals surface area contributed by atoms with Crippen LogP contribution in [0, 0.1) is 10.8 Å². The summed E-state index contributed by atoms with van der Waals surface area (Å²) in [6, 6.07) is 19.5. The van der Waals surface area contributed by atoms with Crippen LogP contribution >= 0.6 is 0 Å². The number of carbonyl (C=O) groups is 2. The first kappa shape index (κ1) is 47.0. The molecule has 0 radical (unpaired) electrons. The quantitative estimate of drug-likeness (QED) is 0.0967. The van der Waals surface area contributed by atoms with Crippen molar-refractivity contribution in [2.45, 2.75) is 144 Å². The van der Waals surface area contributed by atoms with Crippen molar-refractivity contribution in [3.05, 3.63) is 82.9 Å². The molecule has 2 atom stereocenters. The average molecular weight is 703 g/mol. The Morgan fingerprint density at radius 3 is 1.12 bits per heavy atom. The van der Waals surface area contributed by atoms with Gasteiger partial charge in [-0.25, -0.2) is 0 Å². The summed E-state index contributed by atoms with van der Waals surface area (Å²) in [4.78, 5) is 23.5. The zero-order chi connectivity index (χ0) is 36.0. The molecule has 0 saturated heterocycles. The third kappa shape index (κ3) is 14.7. The normalized spacial score (nSPS) is 13.5. The molecule has 0 aliphatic rings. The molecule has 0 fully saturated rings. The molecule has 0 heterocycles. The van der Waals surface area contributed by atoms with Gasteiger partial charge in [-0.2, -0.15) is 0 Å². The number of benzene rings is 2. The second kappa shape index (κ2) is 25.9. The van der Waals surface area contributed by atoms with Crippen molar-refractivity contribution >= 4 is 61.8 Å². The number of aliphatic carboxylic acids is 2. The maximum absolute atomic E-state index is 11.8. The molecule has 2 rings (SSSR count). The Morgan fingerprint density at radius 1 is 0.571 bits per heavy atom. The number of rotatable bonds is 22. The van der Waals surface area contributed by atoms with Crippen LogP contribution in [-0.2, 0) is 9.59 Å². The zero-order valence-corrected chi connectivity index (χ0v) is 33.4. The SMILES string of the molecule is CCCCCC/C(=C/c1ccccc1)C(O)C(CC)(CC)C(=O)[O-].CCCCCC/C(=C/c1ccccc1)C(O)C(CC)(CC)C(=O)[O-].[Ca+2]. The standard InChI is InChI=1S/2C21H32O3.Ca/c2*1-4-7-8-12-15-18(16-17-13-10-9-11-14-17)19(22)21(5-2,6-3)20(23)24;/h2*9-11,13-14,16,19,22H,4-8,12,15H2,1-3H3,(H,23,24);/q;;+2/p-2/b2*18-16-;. The Hall–Kier alpha value is -1.96. The number of aliphatic hydroxyl groups excluding tert-OH is 2. The minimum Gasteiger partial charge on any atom is -0.549 e. The van der Waals surface area contributed by atoms with Gasteiger partial charge in [0.05, 0.1) is 24.1 Å². The maximum Gasteiger partial charge on any atom is 2.00 e. The number of carboxylic acids is 2. The molecule has 2 aromatic carbocycles. The topological polar surface area (TPSA) is 121 Å². The first-order valence-corrected chi connectivity index (χ1v) is 18.3. The van der Waals surface area contributed by atoms with Gasteiger partial charge in [0.2, 0.25) is 0 Å². The van der Waals surface area contributed by atoms with E-state index >= 15 is 0 Å². The predicted octanol–water partition coefficient (Wildman–Crippen LogP) is 7.53. The van der Waals surface area contributed by atoms with Crippen molar-refractivity contribution in [1.29, 1.82) is 0 Å². The van der Waals surface area contributed by atoms with Crippen LogP contribution in [0.5, 0.6) is 0 Å². The van der Waals surface area contributed by atoms with Crippen LogP contribution < -0.4 is 10.2 Å². The van der Waals surface area contributed by atoms with E-state index < -0.39 is 35.0 Å². The monoisotopic (exact) mass is 702 g/mol. The molecule has 0 aliphatic heterocycles. The summed E-state index contributed by atoms with van der Waals surface area (Å²) in [5.41, 5.74) is 1.13. The van der Waals surface area contributed by atoms with Crippen molar-refractivity contribution in [2.24, 2.45) is 10.8 Å². The van der Waals surface area contributed by atoms with E-state index in [1.807, 2.05) is 72.8 Å². The van der Waals surface area contributed by atoms with E-state index in [0.29, 0.717) is 38.5 Å². The van der Waals surface area contributed by atoms with Gasteiger partial charge >= 0.3 is 37.7 Å². The van der Waals surface area contributed by atoms with Crippen molar-refractivity contribution in [3.8, 4) is 0 Å². The van der Waals surface area contributed by atoms with Gasteiger partial charge in [0, 0.05) is 10.8 Å². The first-order valence-electron chi connectivity index (χ1n) is 18.3. The first-order chi connectivity index (χ1) is 23.0. The van der Waals surface area contributed by atoms with Gasteiger partial charge in [-0.15, -0.1) is 0 Å². The van der Waals surface area contributed by atoms with Gasteiger partial charge in [-0.05, 0) is 73.6 Å². The molecule has 2 aromatic rings. The van der Waals surface area contributed by atoms with Crippen LogP contribution in [0.2, 0.25) is 0 Å². The van der Waals surface area contributed by atoms with Crippen LogP contribution in [0.3, 0.4) is 0 Å². The van der Waals surface area contributed by atoms with E-state index in [1.165, 1.54) is 0 Å². The van der Waals surface area contributed by atoms with Gasteiger partial charge in [0.1, 0.15) is 0 Å². The second-order valence-electron chi connectivity index (χ2n) is 13.0. The van der Waals surface area contributed by atoms with E-state index in [9.17, 15) is 30.0 Å². The van der Waals surface area contributed by atoms with E-state index in [-0.39, 0.29) is 37.7 Å². The number of unbranched alkanes of at least 4 members (excludes halogenated alkanes) is 6. The molecule has 49 heavy (non-hydrogen) atoms. The van der Waals surface area contributed by atoms with Crippen LogP contribution in [-0.4, -0.2) is 72.1 Å². The van der Waals surface area contributed by atoms with Crippen LogP contribution in [0.1, 0.15) is 143 Å². The summed E-state index contributed by atoms with van der Waals surface area (Å²) in [5, 5.41) is 45.4. The molecule has 6 nitrogen and oxygen atoms in total.